The van der Waals surface area contributed by atoms with Crippen LogP contribution in [0.2, 0.25) is 13.1 Å². The van der Waals surface area contributed by atoms with Crippen LogP contribution in [0, 0.1) is 13.8 Å². The molecular weight excluding hydrogens is 689 g/mol. The normalized spacial score (nSPS) is 14.5. The van der Waals surface area contributed by atoms with Crippen LogP contribution in [-0.4, -0.2) is 8.07 Å². The van der Waals surface area contributed by atoms with Crippen molar-refractivity contribution >= 4 is 50.8 Å². The van der Waals surface area contributed by atoms with Crippen LogP contribution in [-0.2, 0) is 5.41 Å². The highest BCUT2D eigenvalue weighted by molar-refractivity contribution is 7.04. The minimum atomic E-state index is -1.96. The second-order valence-electron chi connectivity index (χ2n) is 17.5. The van der Waals surface area contributed by atoms with Gasteiger partial charge in [0.15, 0.2) is 0 Å². The molecule has 0 aromatic heterocycles. The first-order chi connectivity index (χ1) is 27.1. The monoisotopic (exact) mass is 732 g/mol. The number of fused-ring (bicyclic) bond motifs is 9. The lowest BCUT2D eigenvalue weighted by atomic mass is 9.81. The summed E-state index contributed by atoms with van der Waals surface area (Å²) in [4.78, 5) is 0. The van der Waals surface area contributed by atoms with Gasteiger partial charge in [-0.25, -0.2) is 0 Å². The van der Waals surface area contributed by atoms with E-state index in [0.29, 0.717) is 0 Å². The highest BCUT2D eigenvalue weighted by atomic mass is 28.3. The highest BCUT2D eigenvalue weighted by Gasteiger charge is 2.38. The largest absolute Gasteiger partial charge is 0.113 e. The third-order valence-corrected chi connectivity index (χ3v) is 16.8. The predicted octanol–water partition coefficient (Wildman–Crippen LogP) is 13.9. The van der Waals surface area contributed by atoms with Crippen molar-refractivity contribution in [3.05, 3.63) is 180 Å². The molecule has 9 aromatic rings. The second kappa shape index (κ2) is 11.7. The summed E-state index contributed by atoms with van der Waals surface area (Å²) in [7, 11) is -1.96. The van der Waals surface area contributed by atoms with Crippen LogP contribution < -0.4 is 10.4 Å². The van der Waals surface area contributed by atoms with Gasteiger partial charge in [0.25, 0.3) is 0 Å². The Labute approximate surface area is 331 Å². The van der Waals surface area contributed by atoms with E-state index >= 15 is 0 Å². The van der Waals surface area contributed by atoms with Gasteiger partial charge < -0.3 is 0 Å². The van der Waals surface area contributed by atoms with Gasteiger partial charge in [-0.3, -0.25) is 0 Å². The summed E-state index contributed by atoms with van der Waals surface area (Å²) in [5.74, 6) is 0. The van der Waals surface area contributed by atoms with Gasteiger partial charge in [-0.2, -0.15) is 0 Å². The summed E-state index contributed by atoms with van der Waals surface area (Å²) in [6, 6.07) is 60.8. The van der Waals surface area contributed by atoms with E-state index in [1.54, 1.807) is 5.19 Å². The van der Waals surface area contributed by atoms with Gasteiger partial charge in [-0.15, -0.1) is 0 Å². The minimum absolute atomic E-state index is 0.0594. The summed E-state index contributed by atoms with van der Waals surface area (Å²) < 4.78 is 0. The van der Waals surface area contributed by atoms with E-state index in [-0.39, 0.29) is 5.41 Å². The van der Waals surface area contributed by atoms with Crippen molar-refractivity contribution in [1.29, 1.82) is 0 Å². The van der Waals surface area contributed by atoms with Gasteiger partial charge >= 0.3 is 0 Å². The lowest BCUT2D eigenvalue weighted by molar-refractivity contribution is 0.660. The molecule has 0 atom stereocenters. The Morgan fingerprint density at radius 2 is 0.982 bits per heavy atom. The zero-order valence-electron chi connectivity index (χ0n) is 33.0. The van der Waals surface area contributed by atoms with Crippen molar-refractivity contribution in [3.63, 3.8) is 0 Å². The lowest BCUT2D eigenvalue weighted by Gasteiger charge is -2.23. The van der Waals surface area contributed by atoms with E-state index in [1.807, 2.05) is 0 Å². The molecule has 0 amide bonds. The highest BCUT2D eigenvalue weighted by Crippen LogP contribution is 2.51. The summed E-state index contributed by atoms with van der Waals surface area (Å²) in [6.45, 7) is 14.3. The average Bonchev–Trinajstić information content (AvgIpc) is 3.57. The van der Waals surface area contributed by atoms with Gasteiger partial charge in [0.2, 0.25) is 0 Å². The molecule has 0 spiro atoms. The lowest BCUT2D eigenvalue weighted by Crippen LogP contribution is -2.49. The Balaban J connectivity index is 1.27. The Kier molecular flexibility index (Phi) is 6.99. The van der Waals surface area contributed by atoms with Crippen LogP contribution in [0.25, 0.3) is 88.0 Å². The van der Waals surface area contributed by atoms with Crippen molar-refractivity contribution < 1.29 is 0 Å². The summed E-state index contributed by atoms with van der Waals surface area (Å²) in [5, 5.41) is 10.9. The molecule has 1 heteroatoms. The molecule has 268 valence electrons. The van der Waals surface area contributed by atoms with Gasteiger partial charge in [-0.05, 0) is 148 Å². The SMILES string of the molecule is Cc1cc(C)cc(-c2c3ccc(-c4ccc5c(c4)C(C)(C)c4ccccc4-5)cc3c(-c3ccc4ccccc4c3)c3cc4c(cc23)-c2ccccc2[Si]4(C)C)c1. The summed E-state index contributed by atoms with van der Waals surface area (Å²) in [6.07, 6.45) is 0. The van der Waals surface area contributed by atoms with E-state index < -0.39 is 8.07 Å². The Hall–Kier alpha value is -6.02. The smallest absolute Gasteiger partial charge is 0.0623 e. The first-order valence-corrected chi connectivity index (χ1v) is 23.1. The van der Waals surface area contributed by atoms with Crippen molar-refractivity contribution in [2.75, 3.05) is 0 Å². The van der Waals surface area contributed by atoms with Crippen molar-refractivity contribution in [3.8, 4) is 55.6 Å². The van der Waals surface area contributed by atoms with Crippen LogP contribution in [0.5, 0.6) is 0 Å². The van der Waals surface area contributed by atoms with Crippen LogP contribution >= 0.6 is 0 Å². The molecule has 9 aromatic carbocycles. The Bertz CT molecular complexity index is 3140. The van der Waals surface area contributed by atoms with Crippen molar-refractivity contribution in [2.24, 2.45) is 0 Å². The molecule has 0 N–H and O–H groups in total. The molecule has 0 nitrogen and oxygen atoms in total. The molecule has 0 radical (unpaired) electrons. The maximum absolute atomic E-state index is 2.62. The fraction of sp³-hybridized carbons (Fsp3) is 0.127. The fourth-order valence-electron chi connectivity index (χ4n) is 10.6. The van der Waals surface area contributed by atoms with Crippen molar-refractivity contribution in [2.45, 2.75) is 46.2 Å². The maximum Gasteiger partial charge on any atom is 0.113 e. The standard InChI is InChI=1S/C55H44Si/c1-33-25-34(2)27-40(26-33)54-44-24-22-37(38-21-23-42-41-15-9-11-17-49(41)55(3,4)50(42)30-38)29-46(44)53(39-20-19-35-13-7-8-14-36(35)28-39)48-32-52-45(31-47(48)54)43-16-10-12-18-51(43)56(52,5)6/h7-32H,1-6H3. The first-order valence-electron chi connectivity index (χ1n) is 20.1. The predicted molar refractivity (Wildman–Crippen MR) is 244 cm³/mol. The van der Waals surface area contributed by atoms with Gasteiger partial charge in [0, 0.05) is 5.41 Å². The van der Waals surface area contributed by atoms with E-state index in [2.05, 4.69) is 199 Å². The molecular formula is C55H44Si. The van der Waals surface area contributed by atoms with Crippen LogP contribution in [0.3, 0.4) is 0 Å². The molecule has 1 heterocycles. The quantitative estimate of drug-likeness (QED) is 0.125. The van der Waals surface area contributed by atoms with Crippen LogP contribution in [0.4, 0.5) is 0 Å². The molecule has 11 rings (SSSR count). The molecule has 2 aliphatic rings. The van der Waals surface area contributed by atoms with E-state index in [9.17, 15) is 0 Å². The Morgan fingerprint density at radius 1 is 0.375 bits per heavy atom. The topological polar surface area (TPSA) is 0 Å². The first kappa shape index (κ1) is 33.3. The van der Waals surface area contributed by atoms with E-state index in [4.69, 9.17) is 0 Å². The third kappa shape index (κ3) is 4.71. The fourth-order valence-corrected chi connectivity index (χ4v) is 13.6. The third-order valence-electron chi connectivity index (χ3n) is 13.3. The molecule has 56 heavy (non-hydrogen) atoms. The van der Waals surface area contributed by atoms with Crippen molar-refractivity contribution in [1.82, 2.24) is 0 Å². The molecule has 1 aliphatic heterocycles. The summed E-state index contributed by atoms with van der Waals surface area (Å²) in [5.41, 5.74) is 18.6. The summed E-state index contributed by atoms with van der Waals surface area (Å²) >= 11 is 0. The van der Waals surface area contributed by atoms with Crippen LogP contribution in [0.1, 0.15) is 36.1 Å². The van der Waals surface area contributed by atoms with Gasteiger partial charge in [-0.1, -0.05) is 172 Å². The zero-order chi connectivity index (χ0) is 38.1. The second-order valence-corrected chi connectivity index (χ2v) is 21.8. The van der Waals surface area contributed by atoms with Gasteiger partial charge in [0.05, 0.1) is 0 Å². The molecule has 0 saturated heterocycles. The molecule has 0 unspecified atom stereocenters. The Morgan fingerprint density at radius 3 is 1.80 bits per heavy atom. The molecule has 0 saturated carbocycles. The number of rotatable bonds is 3. The number of hydrogen-bond donors (Lipinski definition) is 0. The molecule has 0 bridgehead atoms. The average molecular weight is 733 g/mol. The van der Waals surface area contributed by atoms with E-state index in [0.717, 1.165) is 0 Å². The molecule has 1 aliphatic carbocycles. The molecule has 0 fully saturated rings. The van der Waals surface area contributed by atoms with Crippen LogP contribution in [0.15, 0.2) is 158 Å². The zero-order valence-corrected chi connectivity index (χ0v) is 34.0. The number of benzene rings is 9. The van der Waals surface area contributed by atoms with E-state index in [1.165, 1.54) is 115 Å². The van der Waals surface area contributed by atoms with Gasteiger partial charge in [0.1, 0.15) is 8.07 Å². The maximum atomic E-state index is 2.62. The number of hydrogen-bond acceptors (Lipinski definition) is 0. The minimum Gasteiger partial charge on any atom is -0.0623 e. The number of aryl methyl sites for hydroxylation is 2.